The lowest BCUT2D eigenvalue weighted by atomic mass is 10.1. The minimum absolute atomic E-state index is 0.197. The topological polar surface area (TPSA) is 83.1 Å². The summed E-state index contributed by atoms with van der Waals surface area (Å²) in [4.78, 5) is 24.1. The molecule has 1 aliphatic heterocycles. The van der Waals surface area contributed by atoms with Crippen molar-refractivity contribution in [1.82, 2.24) is 5.32 Å². The zero-order valence-corrected chi connectivity index (χ0v) is 16.1. The Morgan fingerprint density at radius 3 is 2.54 bits per heavy atom. The van der Waals surface area contributed by atoms with Crippen molar-refractivity contribution in [3.05, 3.63) is 53.1 Å². The molecule has 2 aromatic carbocycles. The highest BCUT2D eigenvalue weighted by molar-refractivity contribution is 5.83. The van der Waals surface area contributed by atoms with Crippen molar-refractivity contribution < 1.29 is 28.5 Å². The third-order valence-corrected chi connectivity index (χ3v) is 4.13. The fourth-order valence-corrected chi connectivity index (χ4v) is 2.83. The van der Waals surface area contributed by atoms with Crippen LogP contribution in [0.1, 0.15) is 23.6 Å². The second kappa shape index (κ2) is 8.65. The van der Waals surface area contributed by atoms with E-state index in [-0.39, 0.29) is 19.9 Å². The van der Waals surface area contributed by atoms with Gasteiger partial charge in [-0.25, -0.2) is 4.79 Å². The first-order chi connectivity index (χ1) is 13.4. The molecule has 0 bridgehead atoms. The van der Waals surface area contributed by atoms with Crippen molar-refractivity contribution in [3.63, 3.8) is 0 Å². The van der Waals surface area contributed by atoms with Gasteiger partial charge in [-0.15, -0.1) is 0 Å². The Morgan fingerprint density at radius 1 is 1.07 bits per heavy atom. The largest absolute Gasteiger partial charge is 0.482 e. The lowest BCUT2D eigenvalue weighted by Crippen LogP contribution is -2.36. The molecule has 0 aliphatic carbocycles. The molecule has 0 aromatic heterocycles. The van der Waals surface area contributed by atoms with Gasteiger partial charge in [0.1, 0.15) is 5.75 Å². The summed E-state index contributed by atoms with van der Waals surface area (Å²) in [5, 5.41) is 2.73. The minimum Gasteiger partial charge on any atom is -0.482 e. The van der Waals surface area contributed by atoms with E-state index in [1.165, 1.54) is 6.92 Å². The smallest absolute Gasteiger partial charge is 0.344 e. The fourth-order valence-electron chi connectivity index (χ4n) is 2.83. The zero-order chi connectivity index (χ0) is 20.1. The normalized spacial score (nSPS) is 13.0. The number of carbonyl (C=O) groups is 2. The predicted molar refractivity (Wildman–Crippen MR) is 101 cm³/mol. The van der Waals surface area contributed by atoms with Crippen LogP contribution in [-0.4, -0.2) is 31.4 Å². The van der Waals surface area contributed by atoms with E-state index >= 15 is 0 Å². The van der Waals surface area contributed by atoms with E-state index in [2.05, 4.69) is 5.32 Å². The van der Waals surface area contributed by atoms with Crippen LogP contribution >= 0.6 is 0 Å². The van der Waals surface area contributed by atoms with Gasteiger partial charge in [-0.1, -0.05) is 12.1 Å². The van der Waals surface area contributed by atoms with Crippen LogP contribution in [0.15, 0.2) is 36.4 Å². The van der Waals surface area contributed by atoms with Crippen LogP contribution in [0.2, 0.25) is 0 Å². The number of carbonyl (C=O) groups excluding carboxylic acids is 2. The average molecular weight is 385 g/mol. The maximum atomic E-state index is 12.2. The first kappa shape index (κ1) is 19.5. The van der Waals surface area contributed by atoms with E-state index in [4.69, 9.17) is 18.9 Å². The number of amides is 1. The monoisotopic (exact) mass is 385 g/mol. The molecule has 0 saturated heterocycles. The molecule has 148 valence electrons. The molecule has 7 nitrogen and oxygen atoms in total. The van der Waals surface area contributed by atoms with Gasteiger partial charge >= 0.3 is 5.97 Å². The van der Waals surface area contributed by atoms with Crippen molar-refractivity contribution in [2.24, 2.45) is 0 Å². The lowest BCUT2D eigenvalue weighted by Gasteiger charge is -2.14. The average Bonchev–Trinajstić information content (AvgIpc) is 3.11. The molecule has 1 amide bonds. The van der Waals surface area contributed by atoms with E-state index in [0.717, 1.165) is 16.7 Å². The van der Waals surface area contributed by atoms with Crippen LogP contribution < -0.4 is 19.5 Å². The number of hydrogen-bond acceptors (Lipinski definition) is 6. The fraction of sp³-hybridized carbons (Fsp3) is 0.333. The Balaban J connectivity index is 1.43. The molecular formula is C21H23NO6. The van der Waals surface area contributed by atoms with Gasteiger partial charge in [0.2, 0.25) is 6.79 Å². The van der Waals surface area contributed by atoms with Crippen molar-refractivity contribution in [2.45, 2.75) is 33.4 Å². The molecule has 2 aromatic rings. The van der Waals surface area contributed by atoms with Gasteiger partial charge in [0.25, 0.3) is 5.91 Å². The summed E-state index contributed by atoms with van der Waals surface area (Å²) in [7, 11) is 0. The Morgan fingerprint density at radius 2 is 1.79 bits per heavy atom. The molecule has 0 radical (unpaired) electrons. The SMILES string of the molecule is Cc1cc(C)cc(OCC(=O)O[C@@H](C)C(=O)NCc2ccc3c(c2)OCO3)c1. The highest BCUT2D eigenvalue weighted by Gasteiger charge is 2.19. The zero-order valence-electron chi connectivity index (χ0n) is 16.1. The summed E-state index contributed by atoms with van der Waals surface area (Å²) in [5.41, 5.74) is 2.94. The van der Waals surface area contributed by atoms with Crippen molar-refractivity contribution in [1.29, 1.82) is 0 Å². The number of esters is 1. The second-order valence-electron chi connectivity index (χ2n) is 6.65. The van der Waals surface area contributed by atoms with E-state index in [1.54, 1.807) is 12.1 Å². The number of hydrogen-bond donors (Lipinski definition) is 1. The number of aryl methyl sites for hydroxylation is 2. The van der Waals surface area contributed by atoms with E-state index < -0.39 is 18.0 Å². The molecule has 0 spiro atoms. The molecule has 7 heteroatoms. The highest BCUT2D eigenvalue weighted by atomic mass is 16.7. The number of ether oxygens (including phenoxy) is 4. The van der Waals surface area contributed by atoms with Crippen molar-refractivity contribution in [3.8, 4) is 17.2 Å². The predicted octanol–water partition coefficient (Wildman–Crippen LogP) is 2.66. The summed E-state index contributed by atoms with van der Waals surface area (Å²) in [6.07, 6.45) is -0.927. The van der Waals surface area contributed by atoms with Crippen LogP contribution in [0.4, 0.5) is 0 Å². The van der Waals surface area contributed by atoms with Gasteiger partial charge in [-0.05, 0) is 61.7 Å². The van der Waals surface area contributed by atoms with Gasteiger partial charge in [0.15, 0.2) is 24.2 Å². The van der Waals surface area contributed by atoms with Crippen molar-refractivity contribution >= 4 is 11.9 Å². The molecule has 0 unspecified atom stereocenters. The maximum Gasteiger partial charge on any atom is 0.344 e. The van der Waals surface area contributed by atoms with E-state index in [0.29, 0.717) is 17.2 Å². The maximum absolute atomic E-state index is 12.2. The molecule has 1 atom stereocenters. The Labute approximate surface area is 163 Å². The number of fused-ring (bicyclic) bond motifs is 1. The molecule has 0 saturated carbocycles. The number of benzene rings is 2. The van der Waals surface area contributed by atoms with Crippen LogP contribution in [-0.2, 0) is 20.9 Å². The third kappa shape index (κ3) is 5.16. The lowest BCUT2D eigenvalue weighted by molar-refractivity contribution is -0.156. The number of nitrogens with one attached hydrogen (secondary N) is 1. The van der Waals surface area contributed by atoms with E-state index in [1.807, 2.05) is 38.1 Å². The Bertz CT molecular complexity index is 859. The summed E-state index contributed by atoms with van der Waals surface area (Å²) in [6.45, 7) is 5.64. The first-order valence-corrected chi connectivity index (χ1v) is 8.97. The summed E-state index contributed by atoms with van der Waals surface area (Å²) >= 11 is 0. The summed E-state index contributed by atoms with van der Waals surface area (Å²) in [6, 6.07) is 11.1. The molecule has 0 fully saturated rings. The minimum atomic E-state index is -0.927. The molecule has 1 aliphatic rings. The van der Waals surface area contributed by atoms with Crippen LogP contribution in [0.3, 0.4) is 0 Å². The Kier molecular flexibility index (Phi) is 6.03. The van der Waals surface area contributed by atoms with Crippen LogP contribution in [0, 0.1) is 13.8 Å². The quantitative estimate of drug-likeness (QED) is 0.738. The molecular weight excluding hydrogens is 362 g/mol. The highest BCUT2D eigenvalue weighted by Crippen LogP contribution is 2.32. The number of rotatable bonds is 7. The Hall–Kier alpha value is -3.22. The first-order valence-electron chi connectivity index (χ1n) is 8.97. The van der Waals surface area contributed by atoms with E-state index in [9.17, 15) is 9.59 Å². The van der Waals surface area contributed by atoms with Crippen LogP contribution in [0.25, 0.3) is 0 Å². The summed E-state index contributed by atoms with van der Waals surface area (Å²) in [5.74, 6) is 0.924. The molecule has 3 rings (SSSR count). The van der Waals surface area contributed by atoms with Crippen LogP contribution in [0.5, 0.6) is 17.2 Å². The van der Waals surface area contributed by atoms with Crippen molar-refractivity contribution in [2.75, 3.05) is 13.4 Å². The standard InChI is InChI=1S/C21H23NO6/c1-13-6-14(2)8-17(7-13)25-11-20(23)28-15(3)21(24)22-10-16-4-5-18-19(9-16)27-12-26-18/h4-9,15H,10-12H2,1-3H3,(H,22,24)/t15-/m0/s1. The summed E-state index contributed by atoms with van der Waals surface area (Å²) < 4.78 is 21.1. The molecule has 28 heavy (non-hydrogen) atoms. The molecule has 1 heterocycles. The second-order valence-corrected chi connectivity index (χ2v) is 6.65. The third-order valence-electron chi connectivity index (χ3n) is 4.13. The van der Waals surface area contributed by atoms with Gasteiger partial charge in [0, 0.05) is 6.54 Å². The van der Waals surface area contributed by atoms with Gasteiger partial charge in [-0.2, -0.15) is 0 Å². The van der Waals surface area contributed by atoms with Gasteiger partial charge in [-0.3, -0.25) is 4.79 Å². The molecule has 1 N–H and O–H groups in total. The van der Waals surface area contributed by atoms with Gasteiger partial charge in [0.05, 0.1) is 0 Å². The van der Waals surface area contributed by atoms with Gasteiger partial charge < -0.3 is 24.3 Å².